The summed E-state index contributed by atoms with van der Waals surface area (Å²) >= 11 is 0. The predicted molar refractivity (Wildman–Crippen MR) is 56.7 cm³/mol. The maximum absolute atomic E-state index is 5.75. The van der Waals surface area contributed by atoms with Crippen LogP contribution in [-0.4, -0.2) is 45.2 Å². The Morgan fingerprint density at radius 1 is 1.38 bits per heavy atom. The van der Waals surface area contributed by atoms with Crippen LogP contribution in [0.3, 0.4) is 0 Å². The fourth-order valence-electron chi connectivity index (χ4n) is 2.06. The summed E-state index contributed by atoms with van der Waals surface area (Å²) in [6, 6.07) is 0. The second-order valence-electron chi connectivity index (χ2n) is 4.34. The van der Waals surface area contributed by atoms with E-state index in [1.807, 2.05) is 0 Å². The van der Waals surface area contributed by atoms with E-state index in [1.54, 1.807) is 0 Å². The summed E-state index contributed by atoms with van der Waals surface area (Å²) in [5, 5.41) is 3.41. The highest BCUT2D eigenvalue weighted by molar-refractivity contribution is 4.79. The molecule has 2 unspecified atom stereocenters. The number of piperidine rings is 1. The summed E-state index contributed by atoms with van der Waals surface area (Å²) < 4.78 is 0. The van der Waals surface area contributed by atoms with Crippen molar-refractivity contribution in [3.63, 3.8) is 0 Å². The van der Waals surface area contributed by atoms with Crippen molar-refractivity contribution in [2.24, 2.45) is 17.6 Å². The minimum Gasteiger partial charge on any atom is -0.330 e. The van der Waals surface area contributed by atoms with Crippen LogP contribution in [0.5, 0.6) is 0 Å². The zero-order valence-corrected chi connectivity index (χ0v) is 8.92. The van der Waals surface area contributed by atoms with Crippen molar-refractivity contribution < 1.29 is 0 Å². The van der Waals surface area contributed by atoms with Crippen LogP contribution in [0.2, 0.25) is 0 Å². The molecule has 1 aliphatic rings. The molecule has 1 aliphatic heterocycles. The van der Waals surface area contributed by atoms with Gasteiger partial charge in [0.2, 0.25) is 0 Å². The standard InChI is InChI=1S/C10H23N3/c1-13(2)6-4-9-3-5-12-8-10(9)7-11/h9-10,12H,3-8,11H2,1-2H3. The van der Waals surface area contributed by atoms with Gasteiger partial charge in [-0.15, -0.1) is 0 Å². The van der Waals surface area contributed by atoms with Crippen molar-refractivity contribution in [3.8, 4) is 0 Å². The average molecular weight is 185 g/mol. The smallest absolute Gasteiger partial charge is 0.000578 e. The molecule has 13 heavy (non-hydrogen) atoms. The lowest BCUT2D eigenvalue weighted by Gasteiger charge is -2.32. The quantitative estimate of drug-likeness (QED) is 0.654. The van der Waals surface area contributed by atoms with Crippen molar-refractivity contribution >= 4 is 0 Å². The van der Waals surface area contributed by atoms with Crippen LogP contribution in [0, 0.1) is 11.8 Å². The largest absolute Gasteiger partial charge is 0.330 e. The van der Waals surface area contributed by atoms with Gasteiger partial charge in [-0.3, -0.25) is 0 Å². The fourth-order valence-corrected chi connectivity index (χ4v) is 2.06. The van der Waals surface area contributed by atoms with E-state index in [4.69, 9.17) is 5.73 Å². The molecule has 3 heteroatoms. The lowest BCUT2D eigenvalue weighted by molar-refractivity contribution is 0.224. The molecule has 1 heterocycles. The number of hydrogen-bond acceptors (Lipinski definition) is 3. The molecule has 3 nitrogen and oxygen atoms in total. The highest BCUT2D eigenvalue weighted by Crippen LogP contribution is 2.21. The molecule has 0 bridgehead atoms. The first-order chi connectivity index (χ1) is 6.24. The first kappa shape index (κ1) is 11.0. The van der Waals surface area contributed by atoms with Crippen LogP contribution in [0.25, 0.3) is 0 Å². The van der Waals surface area contributed by atoms with Crippen LogP contribution in [-0.2, 0) is 0 Å². The molecule has 1 saturated heterocycles. The Balaban J connectivity index is 2.27. The van der Waals surface area contributed by atoms with E-state index in [1.165, 1.54) is 25.9 Å². The molecule has 1 fully saturated rings. The summed E-state index contributed by atoms with van der Waals surface area (Å²) in [4.78, 5) is 2.26. The minimum absolute atomic E-state index is 0.702. The highest BCUT2D eigenvalue weighted by atomic mass is 15.0. The van der Waals surface area contributed by atoms with E-state index in [0.29, 0.717) is 5.92 Å². The summed E-state index contributed by atoms with van der Waals surface area (Å²) in [5.41, 5.74) is 5.75. The molecule has 1 rings (SSSR count). The molecular weight excluding hydrogens is 162 g/mol. The Bertz CT molecular complexity index is 136. The summed E-state index contributed by atoms with van der Waals surface area (Å²) in [6.07, 6.45) is 2.60. The zero-order chi connectivity index (χ0) is 9.68. The molecule has 0 aromatic rings. The molecule has 0 aromatic heterocycles. The minimum atomic E-state index is 0.702. The van der Waals surface area contributed by atoms with Crippen LogP contribution < -0.4 is 11.1 Å². The maximum atomic E-state index is 5.75. The van der Waals surface area contributed by atoms with Crippen molar-refractivity contribution in [1.82, 2.24) is 10.2 Å². The molecule has 0 spiro atoms. The van der Waals surface area contributed by atoms with Crippen LogP contribution in [0.15, 0.2) is 0 Å². The first-order valence-corrected chi connectivity index (χ1v) is 5.29. The van der Waals surface area contributed by atoms with Gasteiger partial charge in [-0.05, 0) is 65.0 Å². The molecule has 78 valence electrons. The van der Waals surface area contributed by atoms with Crippen molar-refractivity contribution in [2.45, 2.75) is 12.8 Å². The molecule has 2 atom stereocenters. The molecular formula is C10H23N3. The normalized spacial score (nSPS) is 29.5. The summed E-state index contributed by atoms with van der Waals surface area (Å²) in [6.45, 7) is 4.33. The SMILES string of the molecule is CN(C)CCC1CCNCC1CN. The summed E-state index contributed by atoms with van der Waals surface area (Å²) in [7, 11) is 4.27. The lowest BCUT2D eigenvalue weighted by atomic mass is 9.84. The van der Waals surface area contributed by atoms with Gasteiger partial charge in [0.05, 0.1) is 0 Å². The number of rotatable bonds is 4. The van der Waals surface area contributed by atoms with Crippen LogP contribution >= 0.6 is 0 Å². The predicted octanol–water partition coefficient (Wildman–Crippen LogP) is 0.123. The number of hydrogen-bond donors (Lipinski definition) is 2. The van der Waals surface area contributed by atoms with E-state index in [9.17, 15) is 0 Å². The topological polar surface area (TPSA) is 41.3 Å². The Morgan fingerprint density at radius 3 is 2.77 bits per heavy atom. The van der Waals surface area contributed by atoms with Gasteiger partial charge >= 0.3 is 0 Å². The van der Waals surface area contributed by atoms with Gasteiger partial charge in [0.25, 0.3) is 0 Å². The van der Waals surface area contributed by atoms with Crippen molar-refractivity contribution in [2.75, 3.05) is 40.3 Å². The van der Waals surface area contributed by atoms with E-state index in [2.05, 4.69) is 24.3 Å². The first-order valence-electron chi connectivity index (χ1n) is 5.29. The third-order valence-electron chi connectivity index (χ3n) is 3.01. The van der Waals surface area contributed by atoms with Crippen molar-refractivity contribution in [3.05, 3.63) is 0 Å². The van der Waals surface area contributed by atoms with Gasteiger partial charge in [-0.1, -0.05) is 0 Å². The van der Waals surface area contributed by atoms with Gasteiger partial charge in [0.15, 0.2) is 0 Å². The molecule has 3 N–H and O–H groups in total. The zero-order valence-electron chi connectivity index (χ0n) is 8.92. The second-order valence-corrected chi connectivity index (χ2v) is 4.34. The molecule has 0 aliphatic carbocycles. The third-order valence-corrected chi connectivity index (χ3v) is 3.01. The molecule has 0 aromatic carbocycles. The average Bonchev–Trinajstić information content (AvgIpc) is 2.15. The number of nitrogens with zero attached hydrogens (tertiary/aromatic N) is 1. The van der Waals surface area contributed by atoms with E-state index >= 15 is 0 Å². The van der Waals surface area contributed by atoms with E-state index in [-0.39, 0.29) is 0 Å². The number of nitrogens with one attached hydrogen (secondary N) is 1. The Hall–Kier alpha value is -0.120. The summed E-state index contributed by atoms with van der Waals surface area (Å²) in [5.74, 6) is 1.54. The van der Waals surface area contributed by atoms with Gasteiger partial charge in [-0.25, -0.2) is 0 Å². The molecule has 0 saturated carbocycles. The third kappa shape index (κ3) is 3.63. The Morgan fingerprint density at radius 2 is 2.15 bits per heavy atom. The molecule has 0 amide bonds. The van der Waals surface area contributed by atoms with Crippen molar-refractivity contribution in [1.29, 1.82) is 0 Å². The van der Waals surface area contributed by atoms with Gasteiger partial charge in [0.1, 0.15) is 0 Å². The van der Waals surface area contributed by atoms with E-state index in [0.717, 1.165) is 19.0 Å². The highest BCUT2D eigenvalue weighted by Gasteiger charge is 2.23. The maximum Gasteiger partial charge on any atom is -0.000578 e. The van der Waals surface area contributed by atoms with Gasteiger partial charge in [0, 0.05) is 0 Å². The van der Waals surface area contributed by atoms with Gasteiger partial charge in [-0.2, -0.15) is 0 Å². The molecule has 0 radical (unpaired) electrons. The van der Waals surface area contributed by atoms with Gasteiger partial charge < -0.3 is 16.0 Å². The van der Waals surface area contributed by atoms with Crippen LogP contribution in [0.1, 0.15) is 12.8 Å². The number of nitrogens with two attached hydrogens (primary N) is 1. The Kier molecular flexibility index (Phi) is 4.70. The second kappa shape index (κ2) is 5.58. The lowest BCUT2D eigenvalue weighted by Crippen LogP contribution is -2.41. The monoisotopic (exact) mass is 185 g/mol. The Labute approximate surface area is 81.7 Å². The fraction of sp³-hybridized carbons (Fsp3) is 1.00. The van der Waals surface area contributed by atoms with E-state index < -0.39 is 0 Å². The van der Waals surface area contributed by atoms with Crippen LogP contribution in [0.4, 0.5) is 0 Å².